The third-order valence-corrected chi connectivity index (χ3v) is 2.80. The number of allylic oxidation sites excluding steroid dienone is 3. The van der Waals surface area contributed by atoms with Crippen LogP contribution in [0.25, 0.3) is 0 Å². The van der Waals surface area contributed by atoms with Crippen LogP contribution in [0.1, 0.15) is 41.5 Å². The third kappa shape index (κ3) is 13.9. The summed E-state index contributed by atoms with van der Waals surface area (Å²) in [5, 5.41) is 19.0. The SMILES string of the molecule is C=CC.C=CC.C=CC.O=C(OCCOC(=O)c1ccccc1O)c1ccccc1O. The van der Waals surface area contributed by atoms with Crippen molar-refractivity contribution in [2.24, 2.45) is 0 Å². The minimum atomic E-state index is -0.711. The summed E-state index contributed by atoms with van der Waals surface area (Å²) >= 11 is 0. The molecule has 0 aliphatic heterocycles. The van der Waals surface area contributed by atoms with Crippen molar-refractivity contribution in [2.75, 3.05) is 13.2 Å². The van der Waals surface area contributed by atoms with Gasteiger partial charge in [-0.3, -0.25) is 0 Å². The molecule has 2 rings (SSSR count). The van der Waals surface area contributed by atoms with Gasteiger partial charge in [0.1, 0.15) is 35.8 Å². The van der Waals surface area contributed by atoms with E-state index in [1.54, 1.807) is 42.5 Å². The number of para-hydroxylation sites is 2. The number of hydrogen-bond donors (Lipinski definition) is 2. The van der Waals surface area contributed by atoms with Crippen molar-refractivity contribution in [1.82, 2.24) is 0 Å². The first-order chi connectivity index (χ1) is 14.8. The van der Waals surface area contributed by atoms with Crippen molar-refractivity contribution < 1.29 is 29.3 Å². The average Bonchev–Trinajstić information content (AvgIpc) is 2.73. The Kier molecular flexibility index (Phi) is 18.5. The quantitative estimate of drug-likeness (QED) is 0.361. The standard InChI is InChI=1S/C16H14O6.3C3H6/c17-13-7-3-1-5-11(13)15(19)21-9-10-22-16(20)12-6-2-4-8-14(12)18;3*1-3-2/h1-8,17-18H,9-10H2;3*3H,1H2,2H3. The van der Waals surface area contributed by atoms with Crippen molar-refractivity contribution in [3.63, 3.8) is 0 Å². The molecule has 31 heavy (non-hydrogen) atoms. The second kappa shape index (κ2) is 19.5. The zero-order valence-corrected chi connectivity index (χ0v) is 18.4. The molecule has 0 saturated carbocycles. The predicted octanol–water partition coefficient (Wildman–Crippen LogP) is 5.69. The van der Waals surface area contributed by atoms with Crippen molar-refractivity contribution in [3.05, 3.63) is 97.6 Å². The summed E-state index contributed by atoms with van der Waals surface area (Å²) in [6.45, 7) is 15.4. The zero-order valence-electron chi connectivity index (χ0n) is 18.4. The van der Waals surface area contributed by atoms with Crippen LogP contribution in [0.15, 0.2) is 86.5 Å². The number of phenolic OH excluding ortho intramolecular Hbond substituents is 2. The van der Waals surface area contributed by atoms with E-state index < -0.39 is 11.9 Å². The van der Waals surface area contributed by atoms with E-state index >= 15 is 0 Å². The maximum Gasteiger partial charge on any atom is 0.342 e. The highest BCUT2D eigenvalue weighted by molar-refractivity contribution is 5.93. The van der Waals surface area contributed by atoms with Gasteiger partial charge in [0.25, 0.3) is 0 Å². The molecule has 0 fully saturated rings. The number of rotatable bonds is 5. The highest BCUT2D eigenvalue weighted by Gasteiger charge is 2.14. The number of aromatic hydroxyl groups is 2. The highest BCUT2D eigenvalue weighted by atomic mass is 16.6. The summed E-state index contributed by atoms with van der Waals surface area (Å²) < 4.78 is 9.77. The Labute approximate surface area is 184 Å². The van der Waals surface area contributed by atoms with Crippen LogP contribution in [0.2, 0.25) is 0 Å². The van der Waals surface area contributed by atoms with Crippen LogP contribution < -0.4 is 0 Å². The first-order valence-corrected chi connectivity index (χ1v) is 9.45. The van der Waals surface area contributed by atoms with Crippen LogP contribution in [-0.2, 0) is 9.47 Å². The van der Waals surface area contributed by atoms with Gasteiger partial charge in [0.05, 0.1) is 0 Å². The van der Waals surface area contributed by atoms with E-state index in [2.05, 4.69) is 19.7 Å². The predicted molar refractivity (Wildman–Crippen MR) is 124 cm³/mol. The summed E-state index contributed by atoms with van der Waals surface area (Å²) in [5.74, 6) is -1.79. The van der Waals surface area contributed by atoms with Crippen LogP contribution in [0.5, 0.6) is 11.5 Å². The van der Waals surface area contributed by atoms with E-state index in [9.17, 15) is 19.8 Å². The van der Waals surface area contributed by atoms with Gasteiger partial charge in [-0.1, -0.05) is 42.5 Å². The van der Waals surface area contributed by atoms with Crippen LogP contribution in [0.3, 0.4) is 0 Å². The molecule has 0 spiro atoms. The maximum atomic E-state index is 11.7. The minimum Gasteiger partial charge on any atom is -0.507 e. The van der Waals surface area contributed by atoms with Gasteiger partial charge in [-0.25, -0.2) is 9.59 Å². The van der Waals surface area contributed by atoms with Gasteiger partial charge in [0, 0.05) is 0 Å². The molecule has 168 valence electrons. The monoisotopic (exact) mass is 428 g/mol. The summed E-state index contributed by atoms with van der Waals surface area (Å²) in [5.41, 5.74) is 0.0732. The largest absolute Gasteiger partial charge is 0.507 e. The van der Waals surface area contributed by atoms with Crippen molar-refractivity contribution in [1.29, 1.82) is 0 Å². The highest BCUT2D eigenvalue weighted by Crippen LogP contribution is 2.17. The molecule has 6 nitrogen and oxygen atoms in total. The van der Waals surface area contributed by atoms with E-state index in [4.69, 9.17) is 9.47 Å². The molecule has 0 heterocycles. The van der Waals surface area contributed by atoms with Gasteiger partial charge in [-0.2, -0.15) is 0 Å². The fourth-order valence-electron chi connectivity index (χ4n) is 1.72. The van der Waals surface area contributed by atoms with Gasteiger partial charge in [0.15, 0.2) is 0 Å². The van der Waals surface area contributed by atoms with Crippen molar-refractivity contribution in [3.8, 4) is 11.5 Å². The number of hydrogen-bond acceptors (Lipinski definition) is 6. The van der Waals surface area contributed by atoms with E-state index in [1.165, 1.54) is 24.3 Å². The molecule has 0 aliphatic carbocycles. The Hall–Kier alpha value is -3.80. The molecule has 0 aliphatic rings. The number of esters is 2. The molecule has 0 bridgehead atoms. The number of carbonyl (C=O) groups is 2. The molecule has 0 aromatic heterocycles. The molecular formula is C25H32O6. The van der Waals surface area contributed by atoms with Crippen LogP contribution in [0, 0.1) is 0 Å². The molecule has 0 atom stereocenters. The van der Waals surface area contributed by atoms with Gasteiger partial charge in [0.2, 0.25) is 0 Å². The molecule has 0 unspecified atom stereocenters. The fraction of sp³-hybridized carbons (Fsp3) is 0.200. The number of ether oxygens (including phenoxy) is 2. The van der Waals surface area contributed by atoms with E-state index in [-0.39, 0.29) is 35.8 Å². The van der Waals surface area contributed by atoms with Gasteiger partial charge >= 0.3 is 11.9 Å². The minimum absolute atomic E-state index is 0.0366. The van der Waals surface area contributed by atoms with E-state index in [0.717, 1.165) is 0 Å². The first kappa shape index (κ1) is 29.4. The second-order valence-electron chi connectivity index (χ2n) is 5.53. The lowest BCUT2D eigenvalue weighted by atomic mass is 10.2. The first-order valence-electron chi connectivity index (χ1n) is 9.45. The summed E-state index contributed by atoms with van der Waals surface area (Å²) in [7, 11) is 0. The summed E-state index contributed by atoms with van der Waals surface area (Å²) in [4.78, 5) is 23.3. The zero-order chi connectivity index (χ0) is 24.1. The smallest absolute Gasteiger partial charge is 0.342 e. The Morgan fingerprint density at radius 3 is 1.23 bits per heavy atom. The summed E-state index contributed by atoms with van der Waals surface area (Å²) in [6.07, 6.45) is 5.25. The lowest BCUT2D eigenvalue weighted by Crippen LogP contribution is -2.14. The average molecular weight is 429 g/mol. The van der Waals surface area contributed by atoms with Crippen molar-refractivity contribution >= 4 is 11.9 Å². The second-order valence-corrected chi connectivity index (χ2v) is 5.53. The van der Waals surface area contributed by atoms with Crippen LogP contribution >= 0.6 is 0 Å². The fourth-order valence-corrected chi connectivity index (χ4v) is 1.72. The molecule has 2 aromatic carbocycles. The van der Waals surface area contributed by atoms with Crippen molar-refractivity contribution in [2.45, 2.75) is 20.8 Å². The summed E-state index contributed by atoms with van der Waals surface area (Å²) in [6, 6.07) is 11.9. The maximum absolute atomic E-state index is 11.7. The Morgan fingerprint density at radius 2 is 0.968 bits per heavy atom. The van der Waals surface area contributed by atoms with Crippen LogP contribution in [0.4, 0.5) is 0 Å². The van der Waals surface area contributed by atoms with E-state index in [0.29, 0.717) is 0 Å². The lowest BCUT2D eigenvalue weighted by Gasteiger charge is -2.08. The van der Waals surface area contributed by atoms with Crippen LogP contribution in [-0.4, -0.2) is 35.4 Å². The van der Waals surface area contributed by atoms with E-state index in [1.807, 2.05) is 20.8 Å². The topological polar surface area (TPSA) is 93.1 Å². The number of phenols is 2. The normalized spacial score (nSPS) is 8.35. The van der Waals surface area contributed by atoms with Gasteiger partial charge < -0.3 is 19.7 Å². The Bertz CT molecular complexity index is 737. The van der Waals surface area contributed by atoms with Gasteiger partial charge in [-0.05, 0) is 45.0 Å². The molecule has 0 amide bonds. The lowest BCUT2D eigenvalue weighted by molar-refractivity contribution is 0.0262. The molecule has 0 radical (unpaired) electrons. The molecule has 2 N–H and O–H groups in total. The Balaban J connectivity index is 0. The van der Waals surface area contributed by atoms with Gasteiger partial charge in [-0.15, -0.1) is 19.7 Å². The molecule has 2 aromatic rings. The molecule has 0 saturated heterocycles. The molecule has 6 heteroatoms. The third-order valence-electron chi connectivity index (χ3n) is 2.80. The molecular weight excluding hydrogens is 396 g/mol. The number of benzene rings is 2. The number of carbonyl (C=O) groups excluding carboxylic acids is 2. The Morgan fingerprint density at radius 1 is 0.710 bits per heavy atom.